The molecule has 2 heterocycles. The average Bonchev–Trinajstić information content (AvgIpc) is 3.24. The molecule has 0 saturated carbocycles. The van der Waals surface area contributed by atoms with Crippen molar-refractivity contribution >= 4 is 16.0 Å². The first-order valence-electron chi connectivity index (χ1n) is 9.65. The summed E-state index contributed by atoms with van der Waals surface area (Å²) in [5.74, 6) is 0.986. The molecule has 0 aliphatic carbocycles. The molecule has 8 nitrogen and oxygen atoms in total. The van der Waals surface area contributed by atoms with E-state index < -0.39 is 10.0 Å². The second-order valence-electron chi connectivity index (χ2n) is 7.34. The zero-order chi connectivity index (χ0) is 20.4. The molecule has 0 spiro atoms. The maximum absolute atomic E-state index is 13.0. The van der Waals surface area contributed by atoms with Gasteiger partial charge in [-0.1, -0.05) is 49.3 Å². The molecule has 1 aliphatic rings. The smallest absolute Gasteiger partial charge is 0.250 e. The van der Waals surface area contributed by atoms with Crippen LogP contribution in [-0.2, 0) is 10.0 Å². The number of sulfonamides is 1. The van der Waals surface area contributed by atoms with Gasteiger partial charge in [0.25, 0.3) is 0 Å². The number of nitrogens with zero attached hydrogens (tertiary/aromatic N) is 6. The zero-order valence-electron chi connectivity index (χ0n) is 16.5. The third-order valence-corrected chi connectivity index (χ3v) is 7.07. The van der Waals surface area contributed by atoms with Crippen LogP contribution in [0.3, 0.4) is 0 Å². The van der Waals surface area contributed by atoms with E-state index in [0.717, 1.165) is 11.3 Å². The minimum Gasteiger partial charge on any atom is -0.337 e. The van der Waals surface area contributed by atoms with E-state index >= 15 is 0 Å². The number of piperazine rings is 1. The molecule has 0 N–H and O–H groups in total. The lowest BCUT2D eigenvalue weighted by Crippen LogP contribution is -2.49. The second kappa shape index (κ2) is 7.92. The van der Waals surface area contributed by atoms with Gasteiger partial charge >= 0.3 is 0 Å². The van der Waals surface area contributed by atoms with E-state index in [9.17, 15) is 8.42 Å². The van der Waals surface area contributed by atoms with E-state index in [-0.39, 0.29) is 0 Å². The first-order valence-corrected chi connectivity index (χ1v) is 11.1. The summed E-state index contributed by atoms with van der Waals surface area (Å²) < 4.78 is 29.2. The van der Waals surface area contributed by atoms with Crippen LogP contribution in [0.1, 0.15) is 25.3 Å². The number of hydrogen-bond acceptors (Lipinski definition) is 6. The van der Waals surface area contributed by atoms with E-state index in [1.807, 2.05) is 47.4 Å². The fraction of sp³-hybridized carbons (Fsp3) is 0.350. The van der Waals surface area contributed by atoms with Gasteiger partial charge in [-0.05, 0) is 46.2 Å². The van der Waals surface area contributed by atoms with Gasteiger partial charge in [-0.3, -0.25) is 0 Å². The van der Waals surface area contributed by atoms with Gasteiger partial charge in [0.1, 0.15) is 0 Å². The molecule has 0 unspecified atom stereocenters. The summed E-state index contributed by atoms with van der Waals surface area (Å²) in [6.07, 6.45) is 0. The Balaban J connectivity index is 1.48. The van der Waals surface area contributed by atoms with Crippen LogP contribution in [0.5, 0.6) is 0 Å². The van der Waals surface area contributed by atoms with Gasteiger partial charge < -0.3 is 4.90 Å². The molecule has 1 aliphatic heterocycles. The molecule has 9 heteroatoms. The Morgan fingerprint density at radius 1 is 0.897 bits per heavy atom. The normalized spacial score (nSPS) is 15.8. The lowest BCUT2D eigenvalue weighted by atomic mass is 10.0. The van der Waals surface area contributed by atoms with Crippen LogP contribution in [0.4, 0.5) is 5.95 Å². The van der Waals surface area contributed by atoms with Crippen molar-refractivity contribution in [1.29, 1.82) is 0 Å². The summed E-state index contributed by atoms with van der Waals surface area (Å²) in [6, 6.07) is 16.8. The highest BCUT2D eigenvalue weighted by Crippen LogP contribution is 2.23. The van der Waals surface area contributed by atoms with Crippen LogP contribution in [0.25, 0.3) is 5.69 Å². The number of benzene rings is 2. The molecule has 1 aromatic heterocycles. The molecule has 29 heavy (non-hydrogen) atoms. The minimum absolute atomic E-state index is 0.337. The molecule has 2 aromatic carbocycles. The lowest BCUT2D eigenvalue weighted by Gasteiger charge is -2.34. The molecule has 0 amide bonds. The summed E-state index contributed by atoms with van der Waals surface area (Å²) in [5, 5.41) is 12.0. The maximum Gasteiger partial charge on any atom is 0.250 e. The minimum atomic E-state index is -3.51. The molecule has 0 atom stereocenters. The molecule has 0 bridgehead atoms. The third kappa shape index (κ3) is 3.88. The first kappa shape index (κ1) is 19.5. The highest BCUT2D eigenvalue weighted by molar-refractivity contribution is 7.89. The summed E-state index contributed by atoms with van der Waals surface area (Å²) in [6.45, 7) is 6.00. The average molecular weight is 413 g/mol. The molecular weight excluding hydrogens is 388 g/mol. The quantitative estimate of drug-likeness (QED) is 0.639. The van der Waals surface area contributed by atoms with Crippen molar-refractivity contribution in [1.82, 2.24) is 24.5 Å². The second-order valence-corrected chi connectivity index (χ2v) is 9.28. The Kier molecular flexibility index (Phi) is 5.33. The molecule has 0 radical (unpaired) electrons. The van der Waals surface area contributed by atoms with Crippen LogP contribution in [0.2, 0.25) is 0 Å². The van der Waals surface area contributed by atoms with Crippen molar-refractivity contribution in [2.75, 3.05) is 31.1 Å². The zero-order valence-corrected chi connectivity index (χ0v) is 17.3. The van der Waals surface area contributed by atoms with Crippen LogP contribution in [0, 0.1) is 0 Å². The number of para-hydroxylation sites is 1. The molecule has 4 rings (SSSR count). The molecule has 152 valence electrons. The largest absolute Gasteiger partial charge is 0.337 e. The maximum atomic E-state index is 13.0. The Bertz CT molecular complexity index is 1060. The first-order chi connectivity index (χ1) is 14.0. The molecule has 1 saturated heterocycles. The van der Waals surface area contributed by atoms with Crippen molar-refractivity contribution in [2.24, 2.45) is 0 Å². The van der Waals surface area contributed by atoms with Crippen LogP contribution < -0.4 is 4.90 Å². The number of hydrogen-bond donors (Lipinski definition) is 0. The lowest BCUT2D eigenvalue weighted by molar-refractivity contribution is 0.381. The molecular formula is C20H24N6O2S. The van der Waals surface area contributed by atoms with Crippen molar-refractivity contribution < 1.29 is 8.42 Å². The van der Waals surface area contributed by atoms with Gasteiger partial charge in [0.2, 0.25) is 16.0 Å². The fourth-order valence-electron chi connectivity index (χ4n) is 3.42. The highest BCUT2D eigenvalue weighted by atomic mass is 32.2. The molecule has 1 fully saturated rings. The van der Waals surface area contributed by atoms with Crippen molar-refractivity contribution in [2.45, 2.75) is 24.7 Å². The Morgan fingerprint density at radius 2 is 1.55 bits per heavy atom. The van der Waals surface area contributed by atoms with E-state index in [1.165, 1.54) is 4.31 Å². The van der Waals surface area contributed by atoms with E-state index in [1.54, 1.807) is 16.8 Å². The van der Waals surface area contributed by atoms with E-state index in [4.69, 9.17) is 0 Å². The van der Waals surface area contributed by atoms with Gasteiger partial charge in [0, 0.05) is 26.2 Å². The topological polar surface area (TPSA) is 84.2 Å². The van der Waals surface area contributed by atoms with Crippen molar-refractivity contribution in [3.8, 4) is 5.69 Å². The van der Waals surface area contributed by atoms with Gasteiger partial charge in [0.15, 0.2) is 0 Å². The summed E-state index contributed by atoms with van der Waals surface area (Å²) in [4.78, 5) is 2.35. The van der Waals surface area contributed by atoms with Gasteiger partial charge in [-0.15, -0.1) is 0 Å². The number of anilines is 1. The standard InChI is InChI=1S/C20H24N6O2S/c1-16(2)17-8-10-19(11-9-17)29(27,28)25-14-12-24(13-15-25)20-21-22-23-26(20)18-6-4-3-5-7-18/h3-11,16H,12-15H2,1-2H3. The highest BCUT2D eigenvalue weighted by Gasteiger charge is 2.30. The van der Waals surface area contributed by atoms with E-state index in [2.05, 4.69) is 29.4 Å². The van der Waals surface area contributed by atoms with Crippen LogP contribution in [-0.4, -0.2) is 59.1 Å². The number of tetrazole rings is 1. The summed E-state index contributed by atoms with van der Waals surface area (Å²) >= 11 is 0. The van der Waals surface area contributed by atoms with E-state index in [0.29, 0.717) is 42.9 Å². The summed E-state index contributed by atoms with van der Waals surface area (Å²) in [5.41, 5.74) is 1.99. The Morgan fingerprint density at radius 3 is 2.17 bits per heavy atom. The predicted octanol–water partition coefficient (Wildman–Crippen LogP) is 2.30. The number of aromatic nitrogens is 4. The van der Waals surface area contributed by atoms with Crippen molar-refractivity contribution in [3.63, 3.8) is 0 Å². The predicted molar refractivity (Wildman–Crippen MR) is 111 cm³/mol. The Hall–Kier alpha value is -2.78. The molecule has 3 aromatic rings. The van der Waals surface area contributed by atoms with Crippen LogP contribution >= 0.6 is 0 Å². The number of rotatable bonds is 5. The van der Waals surface area contributed by atoms with Gasteiger partial charge in [0.05, 0.1) is 10.6 Å². The third-order valence-electron chi connectivity index (χ3n) is 5.16. The van der Waals surface area contributed by atoms with Crippen LogP contribution in [0.15, 0.2) is 59.5 Å². The fourth-order valence-corrected chi connectivity index (χ4v) is 4.84. The van der Waals surface area contributed by atoms with Gasteiger partial charge in [-0.25, -0.2) is 8.42 Å². The summed E-state index contributed by atoms with van der Waals surface area (Å²) in [7, 11) is -3.51. The Labute approximate surface area is 170 Å². The monoisotopic (exact) mass is 412 g/mol. The SMILES string of the molecule is CC(C)c1ccc(S(=O)(=O)N2CCN(c3nnnn3-c3ccccc3)CC2)cc1. The van der Waals surface area contributed by atoms with Crippen molar-refractivity contribution in [3.05, 3.63) is 60.2 Å². The van der Waals surface area contributed by atoms with Gasteiger partial charge in [-0.2, -0.15) is 8.99 Å².